The SMILES string of the molecule is Cc1nc2cc3c(=O)n(N)cnc3cc2n1C. The van der Waals surface area contributed by atoms with Gasteiger partial charge >= 0.3 is 0 Å². The number of imidazole rings is 1. The first kappa shape index (κ1) is 9.83. The van der Waals surface area contributed by atoms with E-state index < -0.39 is 0 Å². The predicted octanol–water partition coefficient (Wildman–Crippen LogP) is 0.305. The van der Waals surface area contributed by atoms with Gasteiger partial charge in [0.2, 0.25) is 0 Å². The molecule has 0 saturated heterocycles. The molecule has 6 nitrogen and oxygen atoms in total. The summed E-state index contributed by atoms with van der Waals surface area (Å²) < 4.78 is 2.94. The third-order valence-electron chi connectivity index (χ3n) is 3.01. The van der Waals surface area contributed by atoms with Gasteiger partial charge in [-0.1, -0.05) is 0 Å². The second-order valence-corrected chi connectivity index (χ2v) is 4.03. The molecule has 0 aliphatic carbocycles. The van der Waals surface area contributed by atoms with Crippen LogP contribution in [0.15, 0.2) is 23.3 Å². The summed E-state index contributed by atoms with van der Waals surface area (Å²) in [4.78, 5) is 20.3. The number of rotatable bonds is 0. The van der Waals surface area contributed by atoms with Crippen LogP contribution in [0.4, 0.5) is 0 Å². The van der Waals surface area contributed by atoms with Crippen molar-refractivity contribution in [1.29, 1.82) is 0 Å². The highest BCUT2D eigenvalue weighted by Gasteiger charge is 2.09. The second-order valence-electron chi connectivity index (χ2n) is 4.03. The standard InChI is InChI=1S/C11H11N5O/c1-6-14-9-3-7-8(4-10(9)15(6)2)13-5-16(12)11(7)17/h3-5H,12H2,1-2H3. The first-order valence-electron chi connectivity index (χ1n) is 5.17. The van der Waals surface area contributed by atoms with Crippen LogP contribution in [-0.2, 0) is 7.05 Å². The highest BCUT2D eigenvalue weighted by atomic mass is 16.1. The third-order valence-corrected chi connectivity index (χ3v) is 3.01. The van der Waals surface area contributed by atoms with E-state index in [0.29, 0.717) is 10.9 Å². The van der Waals surface area contributed by atoms with E-state index >= 15 is 0 Å². The number of fused-ring (bicyclic) bond motifs is 2. The minimum absolute atomic E-state index is 0.264. The molecule has 86 valence electrons. The molecule has 0 amide bonds. The number of nitrogen functional groups attached to an aromatic ring is 1. The zero-order valence-corrected chi connectivity index (χ0v) is 9.51. The monoisotopic (exact) mass is 229 g/mol. The third kappa shape index (κ3) is 1.24. The first-order chi connectivity index (χ1) is 8.08. The second kappa shape index (κ2) is 3.07. The quantitative estimate of drug-likeness (QED) is 0.562. The molecule has 2 N–H and O–H groups in total. The number of aromatic nitrogens is 4. The van der Waals surface area contributed by atoms with Crippen LogP contribution < -0.4 is 11.4 Å². The van der Waals surface area contributed by atoms with Gasteiger partial charge in [0.05, 0.1) is 21.9 Å². The molecule has 2 aromatic heterocycles. The normalized spacial score (nSPS) is 11.4. The lowest BCUT2D eigenvalue weighted by atomic mass is 10.2. The number of hydrogen-bond acceptors (Lipinski definition) is 4. The molecule has 3 aromatic rings. The van der Waals surface area contributed by atoms with Crippen LogP contribution in [0.1, 0.15) is 5.82 Å². The minimum atomic E-state index is -0.264. The van der Waals surface area contributed by atoms with Gasteiger partial charge in [0, 0.05) is 7.05 Å². The maximum Gasteiger partial charge on any atom is 0.279 e. The lowest BCUT2D eigenvalue weighted by Gasteiger charge is -2.01. The van der Waals surface area contributed by atoms with Crippen molar-refractivity contribution in [3.63, 3.8) is 0 Å². The predicted molar refractivity (Wildman–Crippen MR) is 65.2 cm³/mol. The summed E-state index contributed by atoms with van der Waals surface area (Å²) in [7, 11) is 1.93. The number of nitrogens with two attached hydrogens (primary N) is 1. The molecule has 0 aliphatic heterocycles. The Bertz CT molecular complexity index is 799. The van der Waals surface area contributed by atoms with Gasteiger partial charge in [-0.15, -0.1) is 0 Å². The molecule has 1 aromatic carbocycles. The van der Waals surface area contributed by atoms with Crippen LogP contribution in [0, 0.1) is 6.92 Å². The van der Waals surface area contributed by atoms with Crippen LogP contribution in [-0.4, -0.2) is 19.2 Å². The zero-order chi connectivity index (χ0) is 12.2. The summed E-state index contributed by atoms with van der Waals surface area (Å²) in [6, 6.07) is 3.59. The Kier molecular flexibility index (Phi) is 1.77. The van der Waals surface area contributed by atoms with E-state index in [2.05, 4.69) is 9.97 Å². The van der Waals surface area contributed by atoms with Crippen LogP contribution in [0.5, 0.6) is 0 Å². The van der Waals surface area contributed by atoms with Crippen LogP contribution >= 0.6 is 0 Å². The summed E-state index contributed by atoms with van der Waals surface area (Å²) in [6.07, 6.45) is 1.32. The molecule has 6 heteroatoms. The molecule has 0 bridgehead atoms. The molecule has 0 radical (unpaired) electrons. The molecule has 0 fully saturated rings. The average Bonchev–Trinajstić information content (AvgIpc) is 2.59. The molecule has 3 rings (SSSR count). The summed E-state index contributed by atoms with van der Waals surface area (Å²) in [5.41, 5.74) is 2.10. The van der Waals surface area contributed by atoms with Gasteiger partial charge in [0.15, 0.2) is 0 Å². The fourth-order valence-electron chi connectivity index (χ4n) is 1.94. The maximum absolute atomic E-state index is 11.8. The molecule has 2 heterocycles. The van der Waals surface area contributed by atoms with Gasteiger partial charge < -0.3 is 10.4 Å². The first-order valence-corrected chi connectivity index (χ1v) is 5.17. The van der Waals surface area contributed by atoms with Gasteiger partial charge in [0.1, 0.15) is 12.2 Å². The Labute approximate surface area is 96.3 Å². The molecular formula is C11H11N5O. The van der Waals surface area contributed by atoms with Crippen molar-refractivity contribution < 1.29 is 0 Å². The van der Waals surface area contributed by atoms with Gasteiger partial charge in [-0.25, -0.2) is 14.6 Å². The number of benzene rings is 1. The summed E-state index contributed by atoms with van der Waals surface area (Å²) in [5.74, 6) is 6.37. The number of hydrogen-bond donors (Lipinski definition) is 1. The van der Waals surface area contributed by atoms with Gasteiger partial charge in [0.25, 0.3) is 5.56 Å². The lowest BCUT2D eigenvalue weighted by molar-refractivity contribution is 0.885. The van der Waals surface area contributed by atoms with Crippen molar-refractivity contribution in [3.8, 4) is 0 Å². The summed E-state index contributed by atoms with van der Waals surface area (Å²) in [6.45, 7) is 1.92. The molecular weight excluding hydrogens is 218 g/mol. The Morgan fingerprint density at radius 3 is 2.82 bits per heavy atom. The Morgan fingerprint density at radius 2 is 2.06 bits per heavy atom. The van der Waals surface area contributed by atoms with Crippen molar-refractivity contribution >= 4 is 21.9 Å². The van der Waals surface area contributed by atoms with E-state index in [4.69, 9.17) is 5.84 Å². The van der Waals surface area contributed by atoms with E-state index in [1.165, 1.54) is 6.33 Å². The topological polar surface area (TPSA) is 78.7 Å². The number of nitrogens with zero attached hydrogens (tertiary/aromatic N) is 4. The fourth-order valence-corrected chi connectivity index (χ4v) is 1.94. The van der Waals surface area contributed by atoms with Crippen molar-refractivity contribution in [2.45, 2.75) is 6.92 Å². The Balaban J connectivity index is 2.56. The van der Waals surface area contributed by atoms with E-state index in [1.54, 1.807) is 6.07 Å². The van der Waals surface area contributed by atoms with Crippen molar-refractivity contribution in [1.82, 2.24) is 19.2 Å². The fraction of sp³-hybridized carbons (Fsp3) is 0.182. The van der Waals surface area contributed by atoms with E-state index in [9.17, 15) is 4.79 Å². The lowest BCUT2D eigenvalue weighted by Crippen LogP contribution is -2.27. The summed E-state index contributed by atoms with van der Waals surface area (Å²) >= 11 is 0. The largest absolute Gasteiger partial charge is 0.335 e. The molecule has 0 saturated carbocycles. The van der Waals surface area contributed by atoms with E-state index in [1.807, 2.05) is 24.6 Å². The minimum Gasteiger partial charge on any atom is -0.335 e. The molecule has 0 unspecified atom stereocenters. The highest BCUT2D eigenvalue weighted by molar-refractivity contribution is 5.92. The van der Waals surface area contributed by atoms with Crippen LogP contribution in [0.25, 0.3) is 21.9 Å². The Hall–Kier alpha value is -2.37. The molecule has 0 atom stereocenters. The van der Waals surface area contributed by atoms with Gasteiger partial charge in [-0.05, 0) is 19.1 Å². The van der Waals surface area contributed by atoms with E-state index in [-0.39, 0.29) is 5.56 Å². The number of aryl methyl sites for hydroxylation is 2. The average molecular weight is 229 g/mol. The molecule has 0 aliphatic rings. The van der Waals surface area contributed by atoms with Crippen molar-refractivity contribution in [2.75, 3.05) is 5.84 Å². The summed E-state index contributed by atoms with van der Waals surface area (Å²) in [5, 5.41) is 0.487. The van der Waals surface area contributed by atoms with Crippen molar-refractivity contribution in [2.24, 2.45) is 7.05 Å². The van der Waals surface area contributed by atoms with E-state index in [0.717, 1.165) is 21.5 Å². The molecule has 0 spiro atoms. The van der Waals surface area contributed by atoms with Gasteiger partial charge in [-0.3, -0.25) is 4.79 Å². The van der Waals surface area contributed by atoms with Crippen LogP contribution in [0.2, 0.25) is 0 Å². The molecule has 17 heavy (non-hydrogen) atoms. The zero-order valence-electron chi connectivity index (χ0n) is 9.51. The van der Waals surface area contributed by atoms with Gasteiger partial charge in [-0.2, -0.15) is 0 Å². The maximum atomic E-state index is 11.8. The highest BCUT2D eigenvalue weighted by Crippen LogP contribution is 2.19. The smallest absolute Gasteiger partial charge is 0.279 e. The van der Waals surface area contributed by atoms with Crippen molar-refractivity contribution in [3.05, 3.63) is 34.6 Å². The van der Waals surface area contributed by atoms with Crippen LogP contribution in [0.3, 0.4) is 0 Å². The Morgan fingerprint density at radius 1 is 1.29 bits per heavy atom.